The summed E-state index contributed by atoms with van der Waals surface area (Å²) in [4.78, 5) is 12.1. The molecule has 3 N–H and O–H groups in total. The van der Waals surface area contributed by atoms with E-state index in [2.05, 4.69) is 34.6 Å². The molecule has 0 aliphatic heterocycles. The van der Waals surface area contributed by atoms with Gasteiger partial charge in [0.2, 0.25) is 11.6 Å². The fraction of sp³-hybridized carbons (Fsp3) is 0.556. The predicted octanol–water partition coefficient (Wildman–Crippen LogP) is 2.40. The van der Waals surface area contributed by atoms with Crippen molar-refractivity contribution in [2.75, 3.05) is 11.9 Å². The number of nitrogens with one attached hydrogen (secondary N) is 1. The molecule has 0 bridgehead atoms. The molecule has 0 saturated heterocycles. The normalized spacial score (nSPS) is 12.5. The highest BCUT2D eigenvalue weighted by Crippen LogP contribution is 2.31. The second kappa shape index (κ2) is 7.27. The number of aryl methyl sites for hydroxylation is 1. The van der Waals surface area contributed by atoms with Crippen LogP contribution in [0.4, 0.5) is 5.82 Å². The first-order valence-electron chi connectivity index (χ1n) is 9.02. The molecule has 0 aliphatic carbocycles. The summed E-state index contributed by atoms with van der Waals surface area (Å²) in [6.07, 6.45) is 2.39. The van der Waals surface area contributed by atoms with Crippen LogP contribution in [0.3, 0.4) is 0 Å². The van der Waals surface area contributed by atoms with Crippen LogP contribution in [-0.2, 0) is 6.54 Å². The van der Waals surface area contributed by atoms with Crippen molar-refractivity contribution in [3.63, 3.8) is 0 Å². The summed E-state index contributed by atoms with van der Waals surface area (Å²) in [5.74, 6) is 0.550. The highest BCUT2D eigenvalue weighted by Gasteiger charge is 2.31. The predicted molar refractivity (Wildman–Crippen MR) is 102 cm³/mol. The molecule has 10 nitrogen and oxygen atoms in total. The van der Waals surface area contributed by atoms with Gasteiger partial charge in [-0.2, -0.15) is 0 Å². The van der Waals surface area contributed by atoms with Gasteiger partial charge in [0.05, 0.1) is 12.8 Å². The van der Waals surface area contributed by atoms with Gasteiger partial charge in [0.1, 0.15) is 5.76 Å². The first-order valence-corrected chi connectivity index (χ1v) is 9.02. The summed E-state index contributed by atoms with van der Waals surface area (Å²) in [6.45, 7) is 10.9. The van der Waals surface area contributed by atoms with Gasteiger partial charge >= 0.3 is 5.76 Å². The molecule has 0 aliphatic rings. The van der Waals surface area contributed by atoms with Gasteiger partial charge < -0.3 is 15.5 Å². The molecule has 0 atom stereocenters. The van der Waals surface area contributed by atoms with E-state index in [1.165, 1.54) is 4.57 Å². The fourth-order valence-electron chi connectivity index (χ4n) is 3.36. The summed E-state index contributed by atoms with van der Waals surface area (Å²) in [5, 5.41) is 15.0. The Balaban J connectivity index is 1.89. The van der Waals surface area contributed by atoms with Gasteiger partial charge in [-0.15, -0.1) is 0 Å². The molecule has 28 heavy (non-hydrogen) atoms. The molecule has 3 aromatic heterocycles. The van der Waals surface area contributed by atoms with E-state index in [1.807, 2.05) is 26.8 Å². The van der Waals surface area contributed by atoms with Crippen LogP contribution in [0.5, 0.6) is 0 Å². The van der Waals surface area contributed by atoms with Crippen molar-refractivity contribution in [2.24, 2.45) is 11.1 Å². The Labute approximate surface area is 162 Å². The Morgan fingerprint density at radius 3 is 2.61 bits per heavy atom. The zero-order valence-corrected chi connectivity index (χ0v) is 16.8. The van der Waals surface area contributed by atoms with Gasteiger partial charge in [0.25, 0.3) is 0 Å². The average Bonchev–Trinajstić information content (AvgIpc) is 3.29. The third kappa shape index (κ3) is 4.33. The van der Waals surface area contributed by atoms with Crippen molar-refractivity contribution >= 4 is 5.82 Å². The van der Waals surface area contributed by atoms with Gasteiger partial charge in [0.15, 0.2) is 5.69 Å². The minimum absolute atomic E-state index is 0.0685. The largest absolute Gasteiger partial charge is 0.467 e. The minimum atomic E-state index is -0.624. The Kier molecular flexibility index (Phi) is 5.16. The topological polar surface area (TPSA) is 138 Å². The summed E-state index contributed by atoms with van der Waals surface area (Å²) < 4.78 is 16.5. The Morgan fingerprint density at radius 1 is 1.21 bits per heavy atom. The van der Waals surface area contributed by atoms with Crippen molar-refractivity contribution < 1.29 is 13.6 Å². The van der Waals surface area contributed by atoms with E-state index in [-0.39, 0.29) is 29.0 Å². The maximum atomic E-state index is 12.1. The number of anilines is 1. The van der Waals surface area contributed by atoms with E-state index in [0.29, 0.717) is 18.1 Å². The van der Waals surface area contributed by atoms with Crippen LogP contribution >= 0.6 is 0 Å². The van der Waals surface area contributed by atoms with E-state index in [4.69, 9.17) is 19.3 Å². The van der Waals surface area contributed by atoms with Crippen LogP contribution in [0.2, 0.25) is 0 Å². The second-order valence-electron chi connectivity index (χ2n) is 8.46. The Morgan fingerprint density at radius 2 is 1.96 bits per heavy atom. The van der Waals surface area contributed by atoms with E-state index in [0.717, 1.165) is 12.0 Å². The molecule has 0 radical (unpaired) electrons. The molecule has 3 aromatic rings. The SMILES string of the molecule is Cc1coc(Cn2c(-c3nonc3NC(C)(C)CC(C)(C)CN)noc2=O)c1. The third-order valence-corrected chi connectivity index (χ3v) is 4.42. The molecule has 0 spiro atoms. The van der Waals surface area contributed by atoms with Crippen LogP contribution in [0.15, 0.2) is 30.7 Å². The summed E-state index contributed by atoms with van der Waals surface area (Å²) in [6, 6.07) is 1.83. The lowest BCUT2D eigenvalue weighted by atomic mass is 9.80. The average molecular weight is 390 g/mol. The van der Waals surface area contributed by atoms with Crippen LogP contribution < -0.4 is 16.8 Å². The Hall–Kier alpha value is -2.88. The van der Waals surface area contributed by atoms with Crippen molar-refractivity contribution in [2.45, 2.75) is 53.1 Å². The van der Waals surface area contributed by atoms with Gasteiger partial charge in [-0.3, -0.25) is 4.52 Å². The molecule has 152 valence electrons. The van der Waals surface area contributed by atoms with E-state index in [9.17, 15) is 4.79 Å². The first-order chi connectivity index (χ1) is 13.1. The summed E-state index contributed by atoms with van der Waals surface area (Å²) in [5.41, 5.74) is 6.67. The fourth-order valence-corrected chi connectivity index (χ4v) is 3.36. The third-order valence-electron chi connectivity index (χ3n) is 4.42. The molecule has 0 fully saturated rings. The smallest absolute Gasteiger partial charge is 0.442 e. The first kappa shape index (κ1) is 19.9. The van der Waals surface area contributed by atoms with Crippen LogP contribution in [-0.4, -0.2) is 32.1 Å². The van der Waals surface area contributed by atoms with Gasteiger partial charge in [0, 0.05) is 5.54 Å². The second-order valence-corrected chi connectivity index (χ2v) is 8.46. The number of furan rings is 1. The van der Waals surface area contributed by atoms with E-state index < -0.39 is 5.76 Å². The zero-order valence-electron chi connectivity index (χ0n) is 16.8. The Bertz CT molecular complexity index is 994. The van der Waals surface area contributed by atoms with Crippen LogP contribution in [0, 0.1) is 12.3 Å². The summed E-state index contributed by atoms with van der Waals surface area (Å²) >= 11 is 0. The number of hydrogen-bond donors (Lipinski definition) is 2. The zero-order chi connectivity index (χ0) is 20.5. The number of hydrogen-bond acceptors (Lipinski definition) is 9. The van der Waals surface area contributed by atoms with Crippen molar-refractivity contribution in [1.82, 2.24) is 20.0 Å². The minimum Gasteiger partial charge on any atom is -0.467 e. The van der Waals surface area contributed by atoms with Crippen LogP contribution in [0.1, 0.15) is 45.4 Å². The molecular weight excluding hydrogens is 364 g/mol. The van der Waals surface area contributed by atoms with Crippen molar-refractivity contribution in [3.8, 4) is 11.5 Å². The van der Waals surface area contributed by atoms with Crippen molar-refractivity contribution in [3.05, 3.63) is 34.2 Å². The lowest BCUT2D eigenvalue weighted by Gasteiger charge is -2.34. The molecule has 0 aromatic carbocycles. The highest BCUT2D eigenvalue weighted by atomic mass is 16.6. The van der Waals surface area contributed by atoms with E-state index >= 15 is 0 Å². The standard InChI is InChI=1S/C18H26N6O4/c1-11-6-12(26-8-11)7-24-15(23-27-16(24)25)13-14(22-28-21-13)20-18(4,5)9-17(2,3)10-19/h6,8H,7,9-10,19H2,1-5H3,(H,20,22). The molecule has 3 heterocycles. The molecular formula is C18H26N6O4. The van der Waals surface area contributed by atoms with Crippen molar-refractivity contribution in [1.29, 1.82) is 0 Å². The van der Waals surface area contributed by atoms with Gasteiger partial charge in [-0.25, -0.2) is 14.0 Å². The van der Waals surface area contributed by atoms with Gasteiger partial charge in [-0.05, 0) is 61.1 Å². The number of aromatic nitrogens is 4. The van der Waals surface area contributed by atoms with Crippen LogP contribution in [0.25, 0.3) is 11.5 Å². The molecule has 0 saturated carbocycles. The molecule has 0 amide bonds. The molecule has 3 rings (SSSR count). The van der Waals surface area contributed by atoms with E-state index in [1.54, 1.807) is 6.26 Å². The quantitative estimate of drug-likeness (QED) is 0.593. The number of rotatable bonds is 8. The number of nitrogens with two attached hydrogens (primary N) is 1. The lowest BCUT2D eigenvalue weighted by molar-refractivity contribution is 0.278. The maximum Gasteiger partial charge on any atom is 0.442 e. The number of nitrogens with zero attached hydrogens (tertiary/aromatic N) is 4. The highest BCUT2D eigenvalue weighted by molar-refractivity contribution is 5.65. The monoisotopic (exact) mass is 390 g/mol. The summed E-state index contributed by atoms with van der Waals surface area (Å²) in [7, 11) is 0. The molecule has 10 heteroatoms. The molecule has 0 unspecified atom stereocenters. The lowest BCUT2D eigenvalue weighted by Crippen LogP contribution is -2.39. The van der Waals surface area contributed by atoms with Gasteiger partial charge in [-0.1, -0.05) is 19.0 Å². The maximum absolute atomic E-state index is 12.1.